The highest BCUT2D eigenvalue weighted by Gasteiger charge is 2.19. The molecule has 1 fully saturated rings. The zero-order valence-electron chi connectivity index (χ0n) is 11.4. The number of rotatable bonds is 5. The fraction of sp³-hybridized carbons (Fsp3) is 0.571. The van der Waals surface area contributed by atoms with Crippen LogP contribution in [0.4, 0.5) is 14.5 Å². The van der Waals surface area contributed by atoms with Crippen LogP contribution in [-0.4, -0.2) is 25.8 Å². The molecule has 0 aromatic heterocycles. The van der Waals surface area contributed by atoms with Crippen molar-refractivity contribution in [1.29, 1.82) is 0 Å². The first-order valence-corrected chi connectivity index (χ1v) is 6.73. The third-order valence-corrected chi connectivity index (χ3v) is 3.52. The van der Waals surface area contributed by atoms with Crippen LogP contribution < -0.4 is 20.5 Å². The van der Waals surface area contributed by atoms with Crippen LogP contribution in [0.5, 0.6) is 11.5 Å². The van der Waals surface area contributed by atoms with E-state index in [0.29, 0.717) is 11.8 Å². The molecule has 20 heavy (non-hydrogen) atoms. The van der Waals surface area contributed by atoms with Crippen LogP contribution in [0.25, 0.3) is 0 Å². The lowest BCUT2D eigenvalue weighted by atomic mass is 9.91. The lowest BCUT2D eigenvalue weighted by Gasteiger charge is -2.27. The maximum Gasteiger partial charge on any atom is 0.387 e. The Kier molecular flexibility index (Phi) is 5.00. The van der Waals surface area contributed by atoms with Gasteiger partial charge < -0.3 is 20.5 Å². The van der Waals surface area contributed by atoms with E-state index in [1.165, 1.54) is 7.11 Å². The van der Waals surface area contributed by atoms with E-state index in [1.54, 1.807) is 18.2 Å². The molecule has 2 rings (SSSR count). The number of methoxy groups -OCH3 is 1. The second-order valence-corrected chi connectivity index (χ2v) is 5.00. The van der Waals surface area contributed by atoms with Crippen LogP contribution in [0.1, 0.15) is 25.7 Å². The summed E-state index contributed by atoms with van der Waals surface area (Å²) in [5.74, 6) is 0.335. The van der Waals surface area contributed by atoms with E-state index < -0.39 is 6.61 Å². The van der Waals surface area contributed by atoms with Gasteiger partial charge >= 0.3 is 6.61 Å². The van der Waals surface area contributed by atoms with E-state index in [-0.39, 0.29) is 11.8 Å². The fourth-order valence-electron chi connectivity index (χ4n) is 2.45. The maximum atomic E-state index is 12.4. The summed E-state index contributed by atoms with van der Waals surface area (Å²) >= 11 is 0. The lowest BCUT2D eigenvalue weighted by Crippen LogP contribution is -2.32. The van der Waals surface area contributed by atoms with Crippen molar-refractivity contribution in [3.8, 4) is 11.5 Å². The van der Waals surface area contributed by atoms with Crippen molar-refractivity contribution in [3.05, 3.63) is 18.2 Å². The third kappa shape index (κ3) is 3.96. The van der Waals surface area contributed by atoms with Crippen LogP contribution in [0.3, 0.4) is 0 Å². The Balaban J connectivity index is 2.04. The van der Waals surface area contributed by atoms with Crippen molar-refractivity contribution < 1.29 is 18.3 Å². The molecule has 112 valence electrons. The summed E-state index contributed by atoms with van der Waals surface area (Å²) in [6.45, 7) is -2.87. The summed E-state index contributed by atoms with van der Waals surface area (Å²) in [6.07, 6.45) is 3.93. The first-order valence-electron chi connectivity index (χ1n) is 6.73. The lowest BCUT2D eigenvalue weighted by molar-refractivity contribution is -0.0511. The number of alkyl halides is 2. The van der Waals surface area contributed by atoms with Crippen molar-refractivity contribution in [3.63, 3.8) is 0 Å². The molecule has 1 aliphatic rings. The average Bonchev–Trinajstić information content (AvgIpc) is 2.41. The minimum absolute atomic E-state index is 0.0417. The molecule has 0 saturated heterocycles. The fourth-order valence-corrected chi connectivity index (χ4v) is 2.45. The zero-order chi connectivity index (χ0) is 14.5. The number of benzene rings is 1. The van der Waals surface area contributed by atoms with Gasteiger partial charge in [0.05, 0.1) is 7.11 Å². The summed E-state index contributed by atoms with van der Waals surface area (Å²) in [4.78, 5) is 0. The minimum atomic E-state index is -2.87. The molecule has 0 bridgehead atoms. The van der Waals surface area contributed by atoms with Crippen molar-refractivity contribution >= 4 is 5.69 Å². The second-order valence-electron chi connectivity index (χ2n) is 5.00. The minimum Gasteiger partial charge on any atom is -0.493 e. The normalized spacial score (nSPS) is 22.6. The van der Waals surface area contributed by atoms with Crippen molar-refractivity contribution in [2.24, 2.45) is 5.73 Å². The molecule has 0 amide bonds. The molecule has 1 aromatic carbocycles. The standard InChI is InChI=1S/C14H20F2N2O2/c1-19-12-7-6-11(8-13(12)20-14(15)16)18-10-4-2-9(17)3-5-10/h6-10,14,18H,2-5,17H2,1H3. The zero-order valence-corrected chi connectivity index (χ0v) is 11.4. The molecule has 1 aromatic rings. The molecule has 1 aliphatic carbocycles. The van der Waals surface area contributed by atoms with Gasteiger partial charge in [-0.3, -0.25) is 0 Å². The van der Waals surface area contributed by atoms with Crippen LogP contribution in [0, 0.1) is 0 Å². The monoisotopic (exact) mass is 286 g/mol. The molecule has 0 unspecified atom stereocenters. The van der Waals surface area contributed by atoms with Crippen molar-refractivity contribution in [2.45, 2.75) is 44.4 Å². The van der Waals surface area contributed by atoms with Gasteiger partial charge in [-0.15, -0.1) is 0 Å². The molecule has 1 saturated carbocycles. The van der Waals surface area contributed by atoms with E-state index in [2.05, 4.69) is 10.1 Å². The summed E-state index contributed by atoms with van der Waals surface area (Å²) in [6, 6.07) is 5.56. The highest BCUT2D eigenvalue weighted by atomic mass is 19.3. The van der Waals surface area contributed by atoms with Crippen LogP contribution in [-0.2, 0) is 0 Å². The van der Waals surface area contributed by atoms with Crippen LogP contribution in [0.15, 0.2) is 18.2 Å². The smallest absolute Gasteiger partial charge is 0.387 e. The van der Waals surface area contributed by atoms with Crippen LogP contribution >= 0.6 is 0 Å². The summed E-state index contributed by atoms with van der Waals surface area (Å²) in [5.41, 5.74) is 6.61. The van der Waals surface area contributed by atoms with E-state index in [0.717, 1.165) is 31.4 Å². The number of anilines is 1. The van der Waals surface area contributed by atoms with Gasteiger partial charge in [0, 0.05) is 23.8 Å². The first kappa shape index (κ1) is 14.8. The predicted octanol–water partition coefficient (Wildman–Crippen LogP) is 2.98. The maximum absolute atomic E-state index is 12.4. The van der Waals surface area contributed by atoms with Crippen LogP contribution in [0.2, 0.25) is 0 Å². The Morgan fingerprint density at radius 2 is 1.90 bits per heavy atom. The largest absolute Gasteiger partial charge is 0.493 e. The Labute approximate surface area is 117 Å². The summed E-state index contributed by atoms with van der Waals surface area (Å²) in [7, 11) is 1.42. The van der Waals surface area contributed by atoms with Gasteiger partial charge in [-0.2, -0.15) is 8.78 Å². The molecule has 3 N–H and O–H groups in total. The topological polar surface area (TPSA) is 56.5 Å². The number of nitrogens with one attached hydrogen (secondary N) is 1. The van der Waals surface area contributed by atoms with Gasteiger partial charge in [0.2, 0.25) is 0 Å². The van der Waals surface area contributed by atoms with Gasteiger partial charge in [0.1, 0.15) is 0 Å². The number of nitrogens with two attached hydrogens (primary N) is 1. The summed E-state index contributed by atoms with van der Waals surface area (Å²) in [5, 5.41) is 3.33. The Bertz CT molecular complexity index is 435. The van der Waals surface area contributed by atoms with Gasteiger partial charge in [0.15, 0.2) is 11.5 Å². The first-order chi connectivity index (χ1) is 9.58. The molecule has 0 spiro atoms. The highest BCUT2D eigenvalue weighted by molar-refractivity contribution is 5.55. The van der Waals surface area contributed by atoms with E-state index in [9.17, 15) is 8.78 Å². The average molecular weight is 286 g/mol. The molecule has 6 heteroatoms. The Morgan fingerprint density at radius 1 is 1.20 bits per heavy atom. The van der Waals surface area contributed by atoms with Gasteiger partial charge in [-0.05, 0) is 37.8 Å². The van der Waals surface area contributed by atoms with Crippen molar-refractivity contribution in [1.82, 2.24) is 0 Å². The van der Waals surface area contributed by atoms with E-state index in [1.807, 2.05) is 0 Å². The molecule has 0 aliphatic heterocycles. The molecular weight excluding hydrogens is 266 g/mol. The SMILES string of the molecule is COc1ccc(NC2CCC(N)CC2)cc1OC(F)F. The van der Waals surface area contributed by atoms with Gasteiger partial charge in [-0.1, -0.05) is 0 Å². The van der Waals surface area contributed by atoms with E-state index >= 15 is 0 Å². The molecule has 4 nitrogen and oxygen atoms in total. The quantitative estimate of drug-likeness (QED) is 0.873. The predicted molar refractivity (Wildman–Crippen MR) is 73.5 cm³/mol. The van der Waals surface area contributed by atoms with Gasteiger partial charge in [-0.25, -0.2) is 0 Å². The van der Waals surface area contributed by atoms with E-state index in [4.69, 9.17) is 10.5 Å². The molecular formula is C14H20F2N2O2. The second kappa shape index (κ2) is 6.74. The Hall–Kier alpha value is -1.56. The van der Waals surface area contributed by atoms with Crippen molar-refractivity contribution in [2.75, 3.05) is 12.4 Å². The number of halogens is 2. The molecule has 0 heterocycles. The highest BCUT2D eigenvalue weighted by Crippen LogP contribution is 2.32. The summed E-state index contributed by atoms with van der Waals surface area (Å²) < 4.78 is 34.2. The third-order valence-electron chi connectivity index (χ3n) is 3.52. The van der Waals surface area contributed by atoms with Gasteiger partial charge in [0.25, 0.3) is 0 Å². The molecule has 0 radical (unpaired) electrons. The molecule has 0 atom stereocenters. The Morgan fingerprint density at radius 3 is 2.50 bits per heavy atom. The number of hydrogen-bond acceptors (Lipinski definition) is 4. The number of ether oxygens (including phenoxy) is 2. The number of hydrogen-bond donors (Lipinski definition) is 2.